The maximum atomic E-state index is 12.0. The van der Waals surface area contributed by atoms with E-state index in [-0.39, 0.29) is 6.03 Å². The number of benzene rings is 2. The zero-order chi connectivity index (χ0) is 21.0. The molecule has 0 aliphatic heterocycles. The van der Waals surface area contributed by atoms with E-state index < -0.39 is 0 Å². The third-order valence-corrected chi connectivity index (χ3v) is 5.15. The van der Waals surface area contributed by atoms with Crippen LogP contribution in [-0.4, -0.2) is 22.1 Å². The Morgan fingerprint density at radius 3 is 2.60 bits per heavy atom. The van der Waals surface area contributed by atoms with Crippen LogP contribution in [-0.2, 0) is 13.0 Å². The van der Waals surface area contributed by atoms with Crippen molar-refractivity contribution in [1.29, 1.82) is 0 Å². The summed E-state index contributed by atoms with van der Waals surface area (Å²) in [6, 6.07) is 18.2. The van der Waals surface area contributed by atoms with Gasteiger partial charge in [0.15, 0.2) is 0 Å². The Hall–Kier alpha value is -3.08. The second-order valence-corrected chi connectivity index (χ2v) is 7.57. The number of hydrogen-bond acceptors (Lipinski definition) is 2. The zero-order valence-corrected chi connectivity index (χ0v) is 17.8. The highest BCUT2D eigenvalue weighted by Crippen LogP contribution is 2.19. The SMILES string of the molecule is CCCCNC(=O)Nc1ccccc1CCCCCn1cnc(-c2ccccc2)c1. The minimum absolute atomic E-state index is 0.120. The van der Waals surface area contributed by atoms with Crippen LogP contribution in [0.5, 0.6) is 0 Å². The number of aromatic nitrogens is 2. The summed E-state index contributed by atoms with van der Waals surface area (Å²) in [5, 5.41) is 5.90. The molecular formula is C25H32N4O. The highest BCUT2D eigenvalue weighted by molar-refractivity contribution is 5.90. The summed E-state index contributed by atoms with van der Waals surface area (Å²) in [4.78, 5) is 16.6. The van der Waals surface area contributed by atoms with Crippen molar-refractivity contribution < 1.29 is 4.79 Å². The first-order chi connectivity index (χ1) is 14.8. The van der Waals surface area contributed by atoms with Gasteiger partial charge in [-0.05, 0) is 37.3 Å². The minimum atomic E-state index is -0.120. The van der Waals surface area contributed by atoms with Gasteiger partial charge in [-0.3, -0.25) is 0 Å². The maximum absolute atomic E-state index is 12.0. The van der Waals surface area contributed by atoms with Gasteiger partial charge in [0.1, 0.15) is 0 Å². The summed E-state index contributed by atoms with van der Waals surface area (Å²) in [6.07, 6.45) is 10.4. The molecule has 0 fully saturated rings. The Morgan fingerprint density at radius 1 is 0.967 bits per heavy atom. The van der Waals surface area contributed by atoms with Crippen LogP contribution < -0.4 is 10.6 Å². The molecule has 1 heterocycles. The van der Waals surface area contributed by atoms with Crippen LogP contribution in [0.25, 0.3) is 11.3 Å². The van der Waals surface area contributed by atoms with E-state index in [4.69, 9.17) is 0 Å². The van der Waals surface area contributed by atoms with Crippen LogP contribution in [0.3, 0.4) is 0 Å². The van der Waals surface area contributed by atoms with Gasteiger partial charge in [0.2, 0.25) is 0 Å². The number of aryl methyl sites for hydroxylation is 2. The van der Waals surface area contributed by atoms with Gasteiger partial charge in [-0.15, -0.1) is 0 Å². The van der Waals surface area contributed by atoms with Gasteiger partial charge >= 0.3 is 6.03 Å². The summed E-state index contributed by atoms with van der Waals surface area (Å²) in [7, 11) is 0. The van der Waals surface area contributed by atoms with Crippen molar-refractivity contribution in [2.75, 3.05) is 11.9 Å². The first-order valence-corrected chi connectivity index (χ1v) is 11.0. The highest BCUT2D eigenvalue weighted by Gasteiger charge is 2.06. The topological polar surface area (TPSA) is 59.0 Å². The molecule has 0 atom stereocenters. The van der Waals surface area contributed by atoms with E-state index in [1.165, 1.54) is 5.56 Å². The standard InChI is InChI=1S/C25H32N4O/c1-2-3-17-26-25(30)28-23-16-10-9-15-21(23)12-8-5-11-18-29-19-24(27-20-29)22-13-6-4-7-14-22/h4,6-7,9-10,13-16,19-20H,2-3,5,8,11-12,17-18H2,1H3,(H2,26,28,30). The number of para-hydroxylation sites is 1. The van der Waals surface area contributed by atoms with Crippen LogP contribution in [0.2, 0.25) is 0 Å². The van der Waals surface area contributed by atoms with Crippen molar-refractivity contribution in [3.05, 3.63) is 72.7 Å². The van der Waals surface area contributed by atoms with Gasteiger partial charge in [0.25, 0.3) is 0 Å². The quantitative estimate of drug-likeness (QED) is 0.392. The first kappa shape index (κ1) is 21.6. The zero-order valence-electron chi connectivity index (χ0n) is 17.8. The van der Waals surface area contributed by atoms with Crippen LogP contribution >= 0.6 is 0 Å². The largest absolute Gasteiger partial charge is 0.338 e. The Kier molecular flexibility index (Phi) is 8.51. The van der Waals surface area contributed by atoms with Crippen LogP contribution in [0.1, 0.15) is 44.6 Å². The molecule has 2 N–H and O–H groups in total. The monoisotopic (exact) mass is 404 g/mol. The molecule has 3 aromatic rings. The molecule has 5 nitrogen and oxygen atoms in total. The molecule has 158 valence electrons. The fraction of sp³-hybridized carbons (Fsp3) is 0.360. The van der Waals surface area contributed by atoms with Gasteiger partial charge in [-0.25, -0.2) is 9.78 Å². The number of nitrogens with one attached hydrogen (secondary N) is 2. The van der Waals surface area contributed by atoms with E-state index in [0.29, 0.717) is 6.54 Å². The second-order valence-electron chi connectivity index (χ2n) is 7.57. The van der Waals surface area contributed by atoms with Crippen molar-refractivity contribution >= 4 is 11.7 Å². The van der Waals surface area contributed by atoms with Crippen molar-refractivity contribution in [2.24, 2.45) is 0 Å². The number of carbonyl (C=O) groups is 1. The molecule has 0 saturated carbocycles. The molecule has 0 saturated heterocycles. The minimum Gasteiger partial charge on any atom is -0.338 e. The van der Waals surface area contributed by atoms with Crippen LogP contribution in [0.4, 0.5) is 10.5 Å². The van der Waals surface area contributed by atoms with Crippen molar-refractivity contribution in [3.63, 3.8) is 0 Å². The molecule has 1 aromatic heterocycles. The third-order valence-electron chi connectivity index (χ3n) is 5.15. The summed E-state index contributed by atoms with van der Waals surface area (Å²) in [6.45, 7) is 3.80. The predicted octanol–water partition coefficient (Wildman–Crippen LogP) is 5.88. The summed E-state index contributed by atoms with van der Waals surface area (Å²) in [5.74, 6) is 0. The Morgan fingerprint density at radius 2 is 1.77 bits per heavy atom. The number of anilines is 1. The summed E-state index contributed by atoms with van der Waals surface area (Å²) >= 11 is 0. The number of hydrogen-bond donors (Lipinski definition) is 2. The van der Waals surface area contributed by atoms with Crippen molar-refractivity contribution in [1.82, 2.24) is 14.9 Å². The lowest BCUT2D eigenvalue weighted by molar-refractivity contribution is 0.252. The van der Waals surface area contributed by atoms with Gasteiger partial charge in [0.05, 0.1) is 12.0 Å². The van der Waals surface area contributed by atoms with Gasteiger partial charge in [0, 0.05) is 30.5 Å². The Balaban J connectivity index is 1.41. The van der Waals surface area contributed by atoms with Crippen molar-refractivity contribution in [2.45, 2.75) is 52.0 Å². The lowest BCUT2D eigenvalue weighted by Crippen LogP contribution is -2.29. The lowest BCUT2D eigenvalue weighted by atomic mass is 10.0. The number of rotatable bonds is 11. The smallest absolute Gasteiger partial charge is 0.319 e. The summed E-state index contributed by atoms with van der Waals surface area (Å²) in [5.41, 5.74) is 4.28. The van der Waals surface area contributed by atoms with E-state index >= 15 is 0 Å². The average molecular weight is 405 g/mol. The molecule has 0 spiro atoms. The van der Waals surface area contributed by atoms with Crippen LogP contribution in [0, 0.1) is 0 Å². The number of unbranched alkanes of at least 4 members (excludes halogenated alkanes) is 3. The fourth-order valence-corrected chi connectivity index (χ4v) is 3.43. The molecule has 0 aliphatic rings. The normalized spacial score (nSPS) is 10.7. The molecule has 0 unspecified atom stereocenters. The first-order valence-electron chi connectivity index (χ1n) is 11.0. The molecular weight excluding hydrogens is 372 g/mol. The lowest BCUT2D eigenvalue weighted by Gasteiger charge is -2.12. The molecule has 30 heavy (non-hydrogen) atoms. The number of carbonyl (C=O) groups excluding carboxylic acids is 1. The summed E-state index contributed by atoms with van der Waals surface area (Å²) < 4.78 is 2.17. The highest BCUT2D eigenvalue weighted by atomic mass is 16.2. The van der Waals surface area contributed by atoms with E-state index in [1.807, 2.05) is 42.7 Å². The molecule has 5 heteroatoms. The molecule has 2 amide bonds. The van der Waals surface area contributed by atoms with E-state index in [0.717, 1.165) is 62.0 Å². The number of amides is 2. The van der Waals surface area contributed by atoms with Gasteiger partial charge in [-0.1, -0.05) is 68.3 Å². The molecule has 0 aliphatic carbocycles. The van der Waals surface area contributed by atoms with E-state index in [9.17, 15) is 4.79 Å². The number of urea groups is 1. The Labute approximate surface area is 179 Å². The molecule has 0 bridgehead atoms. The van der Waals surface area contributed by atoms with E-state index in [1.54, 1.807) is 0 Å². The maximum Gasteiger partial charge on any atom is 0.319 e. The van der Waals surface area contributed by atoms with Gasteiger partial charge in [-0.2, -0.15) is 0 Å². The predicted molar refractivity (Wildman–Crippen MR) is 124 cm³/mol. The molecule has 0 radical (unpaired) electrons. The van der Waals surface area contributed by atoms with Gasteiger partial charge < -0.3 is 15.2 Å². The average Bonchev–Trinajstić information content (AvgIpc) is 3.24. The third kappa shape index (κ3) is 6.76. The van der Waals surface area contributed by atoms with E-state index in [2.05, 4.69) is 51.5 Å². The van der Waals surface area contributed by atoms with Crippen LogP contribution in [0.15, 0.2) is 67.1 Å². The molecule has 2 aromatic carbocycles. The Bertz CT molecular complexity index is 904. The number of imidazole rings is 1. The second kappa shape index (κ2) is 11.8. The fourth-order valence-electron chi connectivity index (χ4n) is 3.43. The number of nitrogens with zero attached hydrogens (tertiary/aromatic N) is 2. The van der Waals surface area contributed by atoms with Crippen molar-refractivity contribution in [3.8, 4) is 11.3 Å². The molecule has 3 rings (SSSR count).